The second kappa shape index (κ2) is 9.71. The van der Waals surface area contributed by atoms with E-state index in [-0.39, 0.29) is 5.75 Å². The summed E-state index contributed by atoms with van der Waals surface area (Å²) in [5, 5.41) is 0. The Hall–Kier alpha value is -1.38. The molecule has 3 heteroatoms. The first-order valence-electron chi connectivity index (χ1n) is 10.9. The summed E-state index contributed by atoms with van der Waals surface area (Å²) >= 11 is 0. The number of benzene rings is 1. The number of unbranched alkanes of at least 4 members (excludes halogenated alkanes) is 1. The highest BCUT2D eigenvalue weighted by Gasteiger charge is 2.29. The van der Waals surface area contributed by atoms with Crippen LogP contribution in [0.3, 0.4) is 0 Å². The quantitative estimate of drug-likeness (QED) is 0.477. The summed E-state index contributed by atoms with van der Waals surface area (Å²) in [6, 6.07) is 3.23. The van der Waals surface area contributed by atoms with Crippen LogP contribution in [0, 0.1) is 29.4 Å². The van der Waals surface area contributed by atoms with E-state index in [0.717, 1.165) is 42.6 Å². The van der Waals surface area contributed by atoms with Gasteiger partial charge in [-0.15, -0.1) is 0 Å². The summed E-state index contributed by atoms with van der Waals surface area (Å²) in [5.41, 5.74) is 1.38. The second-order valence-corrected chi connectivity index (χ2v) is 8.36. The lowest BCUT2D eigenvalue weighted by molar-refractivity contribution is 0.188. The van der Waals surface area contributed by atoms with E-state index < -0.39 is 11.6 Å². The van der Waals surface area contributed by atoms with Crippen molar-refractivity contribution in [3.8, 4) is 5.75 Å². The fourth-order valence-corrected chi connectivity index (χ4v) is 5.02. The van der Waals surface area contributed by atoms with Crippen LogP contribution in [0.4, 0.5) is 8.78 Å². The molecule has 1 aromatic carbocycles. The first kappa shape index (κ1) is 20.4. The zero-order chi connectivity index (χ0) is 19.2. The van der Waals surface area contributed by atoms with E-state index in [1.165, 1.54) is 44.9 Å². The normalized spacial score (nSPS) is 25.9. The van der Waals surface area contributed by atoms with Crippen LogP contribution in [0.2, 0.25) is 0 Å². The van der Waals surface area contributed by atoms with Crippen LogP contribution in [0.1, 0.15) is 83.6 Å². The molecule has 27 heavy (non-hydrogen) atoms. The summed E-state index contributed by atoms with van der Waals surface area (Å²) in [4.78, 5) is 0. The maximum Gasteiger partial charge on any atom is 0.201 e. The van der Waals surface area contributed by atoms with Crippen LogP contribution in [-0.2, 0) is 0 Å². The molecule has 0 spiro atoms. The summed E-state index contributed by atoms with van der Waals surface area (Å²) in [7, 11) is 0. The van der Waals surface area contributed by atoms with Crippen LogP contribution < -0.4 is 4.74 Å². The van der Waals surface area contributed by atoms with Gasteiger partial charge in [-0.1, -0.05) is 45.1 Å². The lowest BCUT2D eigenvalue weighted by Gasteiger charge is -2.35. The zero-order valence-corrected chi connectivity index (χ0v) is 16.9. The molecule has 2 aliphatic carbocycles. The predicted octanol–water partition coefficient (Wildman–Crippen LogP) is 7.54. The average molecular weight is 377 g/mol. The Morgan fingerprint density at radius 2 is 1.74 bits per heavy atom. The maximum absolute atomic E-state index is 14.5. The lowest BCUT2D eigenvalue weighted by atomic mass is 9.70. The van der Waals surface area contributed by atoms with Gasteiger partial charge >= 0.3 is 0 Å². The smallest absolute Gasteiger partial charge is 0.201 e. The van der Waals surface area contributed by atoms with Gasteiger partial charge in [0, 0.05) is 5.56 Å². The van der Waals surface area contributed by atoms with Gasteiger partial charge in [-0.05, 0) is 74.5 Å². The van der Waals surface area contributed by atoms with E-state index in [2.05, 4.69) is 13.0 Å². The lowest BCUT2D eigenvalue weighted by Crippen LogP contribution is -2.23. The Balaban J connectivity index is 1.58. The first-order chi connectivity index (χ1) is 13.1. The molecule has 1 nitrogen and oxygen atoms in total. The molecule has 0 amide bonds. The first-order valence-corrected chi connectivity index (χ1v) is 10.9. The largest absolute Gasteiger partial charge is 0.491 e. The van der Waals surface area contributed by atoms with E-state index in [1.807, 2.05) is 0 Å². The van der Waals surface area contributed by atoms with Gasteiger partial charge in [0.2, 0.25) is 5.82 Å². The van der Waals surface area contributed by atoms with Crippen molar-refractivity contribution in [1.82, 2.24) is 0 Å². The molecular weight excluding hydrogens is 342 g/mol. The van der Waals surface area contributed by atoms with Gasteiger partial charge in [-0.25, -0.2) is 4.39 Å². The van der Waals surface area contributed by atoms with Crippen LogP contribution in [-0.4, -0.2) is 6.61 Å². The molecule has 150 valence electrons. The van der Waals surface area contributed by atoms with Gasteiger partial charge in [0.05, 0.1) is 6.61 Å². The fraction of sp³-hybridized carbons (Fsp3) is 0.667. The van der Waals surface area contributed by atoms with Crippen molar-refractivity contribution in [1.29, 1.82) is 0 Å². The molecular formula is C24H34F2O. The van der Waals surface area contributed by atoms with Crippen molar-refractivity contribution in [3.63, 3.8) is 0 Å². The number of allylic oxidation sites excluding steroid dienone is 2. The molecule has 0 bridgehead atoms. The molecule has 0 heterocycles. The van der Waals surface area contributed by atoms with E-state index in [1.54, 1.807) is 19.1 Å². The third-order valence-corrected chi connectivity index (χ3v) is 6.67. The van der Waals surface area contributed by atoms with Crippen molar-refractivity contribution < 1.29 is 13.5 Å². The van der Waals surface area contributed by atoms with Crippen molar-refractivity contribution in [2.24, 2.45) is 17.8 Å². The molecule has 0 aliphatic heterocycles. The zero-order valence-electron chi connectivity index (χ0n) is 16.9. The van der Waals surface area contributed by atoms with Gasteiger partial charge in [-0.3, -0.25) is 0 Å². The molecule has 0 saturated heterocycles. The monoisotopic (exact) mass is 376 g/mol. The third-order valence-electron chi connectivity index (χ3n) is 6.67. The Kier molecular flexibility index (Phi) is 7.32. The Morgan fingerprint density at radius 3 is 2.37 bits per heavy atom. The molecule has 1 saturated carbocycles. The van der Waals surface area contributed by atoms with E-state index in [4.69, 9.17) is 4.74 Å². The highest BCUT2D eigenvalue weighted by Crippen LogP contribution is 2.42. The Morgan fingerprint density at radius 1 is 0.963 bits per heavy atom. The molecule has 2 aliphatic rings. The highest BCUT2D eigenvalue weighted by atomic mass is 19.2. The van der Waals surface area contributed by atoms with E-state index in [9.17, 15) is 8.78 Å². The molecule has 3 rings (SSSR count). The number of hydrogen-bond acceptors (Lipinski definition) is 1. The minimum Gasteiger partial charge on any atom is -0.491 e. The van der Waals surface area contributed by atoms with Crippen LogP contribution in [0.25, 0.3) is 5.57 Å². The van der Waals surface area contributed by atoms with Crippen LogP contribution in [0.5, 0.6) is 5.75 Å². The summed E-state index contributed by atoms with van der Waals surface area (Å²) < 4.78 is 33.8. The molecule has 1 unspecified atom stereocenters. The summed E-state index contributed by atoms with van der Waals surface area (Å²) in [6.07, 6.45) is 14.7. The minimum atomic E-state index is -0.859. The van der Waals surface area contributed by atoms with Crippen molar-refractivity contribution in [3.05, 3.63) is 35.4 Å². The number of rotatable bonds is 7. The predicted molar refractivity (Wildman–Crippen MR) is 108 cm³/mol. The number of ether oxygens (including phenoxy) is 1. The summed E-state index contributed by atoms with van der Waals surface area (Å²) in [5.74, 6) is 0.869. The third kappa shape index (κ3) is 4.92. The van der Waals surface area contributed by atoms with Crippen LogP contribution in [0.15, 0.2) is 18.2 Å². The van der Waals surface area contributed by atoms with Crippen molar-refractivity contribution in [2.45, 2.75) is 78.1 Å². The van der Waals surface area contributed by atoms with Crippen molar-refractivity contribution in [2.75, 3.05) is 6.61 Å². The highest BCUT2D eigenvalue weighted by molar-refractivity contribution is 5.67. The van der Waals surface area contributed by atoms with E-state index in [0.29, 0.717) is 12.2 Å². The fourth-order valence-electron chi connectivity index (χ4n) is 5.02. The van der Waals surface area contributed by atoms with Gasteiger partial charge in [0.15, 0.2) is 11.6 Å². The van der Waals surface area contributed by atoms with E-state index >= 15 is 0 Å². The molecule has 0 radical (unpaired) electrons. The Bertz CT molecular complexity index is 644. The molecule has 0 N–H and O–H groups in total. The summed E-state index contributed by atoms with van der Waals surface area (Å²) in [6.45, 7) is 4.38. The molecule has 1 fully saturated rings. The Labute approximate surface area is 163 Å². The van der Waals surface area contributed by atoms with Gasteiger partial charge in [-0.2, -0.15) is 4.39 Å². The number of halogens is 2. The SMILES string of the molecule is CCCCC1CCC(C2CC=C(c3ccc(OCC)c(F)c3F)CC2)CC1. The van der Waals surface area contributed by atoms with Gasteiger partial charge in [0.25, 0.3) is 0 Å². The van der Waals surface area contributed by atoms with Crippen LogP contribution >= 0.6 is 0 Å². The second-order valence-electron chi connectivity index (χ2n) is 8.36. The number of hydrogen-bond donors (Lipinski definition) is 0. The van der Waals surface area contributed by atoms with Gasteiger partial charge in [0.1, 0.15) is 0 Å². The maximum atomic E-state index is 14.5. The standard InChI is InChI=1S/C24H34F2O/c1-3-5-6-17-7-9-18(10-8-17)19-11-13-20(14-12-19)21-15-16-22(27-4-2)24(26)23(21)25/h13,15-19H,3-12,14H2,1-2H3. The van der Waals surface area contributed by atoms with Crippen molar-refractivity contribution >= 4 is 5.57 Å². The average Bonchev–Trinajstić information content (AvgIpc) is 2.71. The molecule has 1 atom stereocenters. The molecule has 1 aromatic rings. The topological polar surface area (TPSA) is 9.23 Å². The molecule has 0 aromatic heterocycles. The van der Waals surface area contributed by atoms with Gasteiger partial charge < -0.3 is 4.74 Å². The minimum absolute atomic E-state index is 0.00729.